The number of sulfonamides is 1. The second-order valence-electron chi connectivity index (χ2n) is 4.81. The van der Waals surface area contributed by atoms with E-state index in [0.717, 1.165) is 22.5 Å². The van der Waals surface area contributed by atoms with Gasteiger partial charge in [-0.05, 0) is 23.3 Å². The number of thiophene rings is 1. The van der Waals surface area contributed by atoms with Gasteiger partial charge in [0, 0.05) is 0 Å². The largest absolute Gasteiger partial charge is 0.477 e. The van der Waals surface area contributed by atoms with Crippen LogP contribution < -0.4 is 4.72 Å². The van der Waals surface area contributed by atoms with Crippen LogP contribution in [0.4, 0.5) is 0 Å². The SMILES string of the molecule is O=C(O)c1ccc(S(=O)(=O)NC2COCc3ccccc32)s1. The predicted molar refractivity (Wildman–Crippen MR) is 80.4 cm³/mol. The van der Waals surface area contributed by atoms with E-state index in [2.05, 4.69) is 4.72 Å². The van der Waals surface area contributed by atoms with Crippen LogP contribution in [0.5, 0.6) is 0 Å². The summed E-state index contributed by atoms with van der Waals surface area (Å²) in [5.74, 6) is -1.14. The van der Waals surface area contributed by atoms with E-state index < -0.39 is 22.0 Å². The normalized spacial score (nSPS) is 17.9. The highest BCUT2D eigenvalue weighted by Crippen LogP contribution is 2.28. The van der Waals surface area contributed by atoms with Crippen LogP contribution in [-0.4, -0.2) is 26.1 Å². The Morgan fingerprint density at radius 1 is 1.27 bits per heavy atom. The van der Waals surface area contributed by atoms with E-state index in [1.165, 1.54) is 12.1 Å². The maximum Gasteiger partial charge on any atom is 0.345 e. The van der Waals surface area contributed by atoms with E-state index in [1.807, 2.05) is 24.3 Å². The van der Waals surface area contributed by atoms with E-state index in [4.69, 9.17) is 9.84 Å². The number of benzene rings is 1. The zero-order valence-electron chi connectivity index (χ0n) is 11.4. The van der Waals surface area contributed by atoms with E-state index in [-0.39, 0.29) is 15.7 Å². The topological polar surface area (TPSA) is 92.7 Å². The summed E-state index contributed by atoms with van der Waals surface area (Å²) < 4.78 is 32.8. The lowest BCUT2D eigenvalue weighted by Gasteiger charge is -2.26. The zero-order chi connectivity index (χ0) is 15.7. The van der Waals surface area contributed by atoms with Crippen LogP contribution in [0.15, 0.2) is 40.6 Å². The maximum absolute atomic E-state index is 12.4. The number of carboxylic acids is 1. The molecule has 0 bridgehead atoms. The number of ether oxygens (including phenoxy) is 1. The first-order valence-corrected chi connectivity index (χ1v) is 8.78. The fraction of sp³-hybridized carbons (Fsp3) is 0.214. The number of hydrogen-bond donors (Lipinski definition) is 2. The van der Waals surface area contributed by atoms with Gasteiger partial charge in [0.25, 0.3) is 10.0 Å². The third kappa shape index (κ3) is 2.91. The molecule has 0 saturated heterocycles. The average Bonchev–Trinajstić information content (AvgIpc) is 2.98. The van der Waals surface area contributed by atoms with Crippen LogP contribution >= 0.6 is 11.3 Å². The van der Waals surface area contributed by atoms with Crippen LogP contribution in [0.1, 0.15) is 26.8 Å². The molecule has 1 aliphatic heterocycles. The standard InChI is InChI=1S/C14H13NO5S2/c16-14(17)12-5-6-13(21-12)22(18,19)15-11-8-20-7-9-3-1-2-4-10(9)11/h1-6,11,15H,7-8H2,(H,16,17). The monoisotopic (exact) mass is 339 g/mol. The Bertz CT molecular complexity index is 812. The van der Waals surface area contributed by atoms with Gasteiger partial charge in [-0.15, -0.1) is 11.3 Å². The molecule has 0 amide bonds. The number of rotatable bonds is 4. The van der Waals surface area contributed by atoms with Crippen molar-refractivity contribution in [2.75, 3.05) is 6.61 Å². The lowest BCUT2D eigenvalue weighted by molar-refractivity contribution is 0.0702. The van der Waals surface area contributed by atoms with Gasteiger partial charge in [-0.3, -0.25) is 0 Å². The van der Waals surface area contributed by atoms with Gasteiger partial charge in [-0.1, -0.05) is 24.3 Å². The number of hydrogen-bond acceptors (Lipinski definition) is 5. The summed E-state index contributed by atoms with van der Waals surface area (Å²) in [7, 11) is -3.79. The van der Waals surface area contributed by atoms with Gasteiger partial charge in [0.1, 0.15) is 9.09 Å². The van der Waals surface area contributed by atoms with Crippen LogP contribution in [-0.2, 0) is 21.4 Å². The molecule has 1 unspecified atom stereocenters. The minimum absolute atomic E-state index is 0.0133. The molecule has 2 heterocycles. The average molecular weight is 339 g/mol. The van der Waals surface area contributed by atoms with Gasteiger partial charge in [0.15, 0.2) is 0 Å². The highest BCUT2D eigenvalue weighted by Gasteiger charge is 2.27. The molecule has 0 fully saturated rings. The van der Waals surface area contributed by atoms with E-state index in [0.29, 0.717) is 6.61 Å². The summed E-state index contributed by atoms with van der Waals surface area (Å²) in [6.07, 6.45) is 0. The molecule has 2 aromatic rings. The molecular weight excluding hydrogens is 326 g/mol. The summed E-state index contributed by atoms with van der Waals surface area (Å²) in [6, 6.07) is 9.58. The van der Waals surface area contributed by atoms with Gasteiger partial charge in [-0.25, -0.2) is 17.9 Å². The van der Waals surface area contributed by atoms with Gasteiger partial charge < -0.3 is 9.84 Å². The van der Waals surface area contributed by atoms with Crippen LogP contribution in [0, 0.1) is 0 Å². The van der Waals surface area contributed by atoms with E-state index in [1.54, 1.807) is 0 Å². The quantitative estimate of drug-likeness (QED) is 0.889. The molecule has 1 atom stereocenters. The lowest BCUT2D eigenvalue weighted by atomic mass is 10.0. The van der Waals surface area contributed by atoms with Gasteiger partial charge in [0.2, 0.25) is 0 Å². The lowest BCUT2D eigenvalue weighted by Crippen LogP contribution is -2.34. The summed E-state index contributed by atoms with van der Waals surface area (Å²) >= 11 is 0.727. The fourth-order valence-electron chi connectivity index (χ4n) is 2.30. The fourth-order valence-corrected chi connectivity index (χ4v) is 4.67. The van der Waals surface area contributed by atoms with Crippen molar-refractivity contribution in [2.24, 2.45) is 0 Å². The second-order valence-corrected chi connectivity index (χ2v) is 7.84. The number of carbonyl (C=O) groups is 1. The zero-order valence-corrected chi connectivity index (χ0v) is 13.0. The van der Waals surface area contributed by atoms with Crippen LogP contribution in [0.25, 0.3) is 0 Å². The first-order valence-electron chi connectivity index (χ1n) is 6.48. The predicted octanol–water partition coefficient (Wildman–Crippen LogP) is 2.00. The molecule has 0 radical (unpaired) electrons. The molecule has 116 valence electrons. The minimum atomic E-state index is -3.79. The van der Waals surface area contributed by atoms with Crippen molar-refractivity contribution in [2.45, 2.75) is 16.9 Å². The Labute approximate surface area is 131 Å². The molecule has 2 N–H and O–H groups in total. The van der Waals surface area contributed by atoms with Crippen molar-refractivity contribution >= 4 is 27.3 Å². The van der Waals surface area contributed by atoms with Crippen molar-refractivity contribution in [3.8, 4) is 0 Å². The molecule has 1 aliphatic rings. The van der Waals surface area contributed by atoms with Crippen LogP contribution in [0.2, 0.25) is 0 Å². The highest BCUT2D eigenvalue weighted by molar-refractivity contribution is 7.91. The molecule has 0 spiro atoms. The number of carboxylic acid groups (broad SMARTS) is 1. The Kier molecular flexibility index (Phi) is 4.00. The Morgan fingerprint density at radius 2 is 2.05 bits per heavy atom. The maximum atomic E-state index is 12.4. The Balaban J connectivity index is 1.87. The molecule has 1 aromatic carbocycles. The molecule has 0 saturated carbocycles. The summed E-state index contributed by atoms with van der Waals surface area (Å²) in [5, 5.41) is 8.89. The summed E-state index contributed by atoms with van der Waals surface area (Å²) in [6.45, 7) is 0.698. The molecule has 3 rings (SSSR count). The third-order valence-corrected chi connectivity index (χ3v) is 6.36. The van der Waals surface area contributed by atoms with Crippen LogP contribution in [0.3, 0.4) is 0 Å². The highest BCUT2D eigenvalue weighted by atomic mass is 32.2. The number of nitrogens with one attached hydrogen (secondary N) is 1. The Hall–Kier alpha value is -1.74. The number of aromatic carboxylic acids is 1. The second kappa shape index (κ2) is 5.81. The van der Waals surface area contributed by atoms with E-state index >= 15 is 0 Å². The van der Waals surface area contributed by atoms with Crippen molar-refractivity contribution in [1.82, 2.24) is 4.72 Å². The van der Waals surface area contributed by atoms with Crippen molar-refractivity contribution < 1.29 is 23.1 Å². The smallest absolute Gasteiger partial charge is 0.345 e. The van der Waals surface area contributed by atoms with Gasteiger partial charge in [-0.2, -0.15) is 0 Å². The first-order chi connectivity index (χ1) is 10.5. The van der Waals surface area contributed by atoms with Crippen molar-refractivity contribution in [1.29, 1.82) is 0 Å². The molecular formula is C14H13NO5S2. The molecule has 22 heavy (non-hydrogen) atoms. The molecule has 0 aliphatic carbocycles. The van der Waals surface area contributed by atoms with Crippen molar-refractivity contribution in [3.63, 3.8) is 0 Å². The summed E-state index contributed by atoms with van der Waals surface area (Å²) in [4.78, 5) is 10.9. The number of fused-ring (bicyclic) bond motifs is 1. The molecule has 6 nitrogen and oxygen atoms in total. The molecule has 8 heteroatoms. The van der Waals surface area contributed by atoms with Crippen molar-refractivity contribution in [3.05, 3.63) is 52.4 Å². The minimum Gasteiger partial charge on any atom is -0.477 e. The molecule has 1 aromatic heterocycles. The van der Waals surface area contributed by atoms with E-state index in [9.17, 15) is 13.2 Å². The third-order valence-electron chi connectivity index (χ3n) is 3.33. The Morgan fingerprint density at radius 3 is 2.77 bits per heavy atom. The van der Waals surface area contributed by atoms with Gasteiger partial charge in [0.05, 0.1) is 19.3 Å². The summed E-state index contributed by atoms with van der Waals surface area (Å²) in [5.41, 5.74) is 1.83. The first kappa shape index (κ1) is 15.2. The van der Waals surface area contributed by atoms with Gasteiger partial charge >= 0.3 is 5.97 Å².